The number of furan rings is 1. The molecule has 5 nitrogen and oxygen atoms in total. The molecule has 2 aromatic heterocycles. The van der Waals surface area contributed by atoms with Crippen molar-refractivity contribution in [2.75, 3.05) is 31.1 Å². The van der Waals surface area contributed by atoms with Crippen LogP contribution < -0.4 is 4.90 Å². The third kappa shape index (κ3) is 4.46. The van der Waals surface area contributed by atoms with Crippen LogP contribution in [0.15, 0.2) is 41.0 Å². The van der Waals surface area contributed by atoms with Gasteiger partial charge in [-0.25, -0.2) is 4.98 Å². The van der Waals surface area contributed by atoms with Crippen LogP contribution in [0.1, 0.15) is 36.3 Å². The van der Waals surface area contributed by atoms with Crippen LogP contribution >= 0.6 is 0 Å². The first kappa shape index (κ1) is 19.5. The van der Waals surface area contributed by atoms with E-state index >= 15 is 0 Å². The molecule has 2 aliphatic rings. The van der Waals surface area contributed by atoms with Crippen molar-refractivity contribution < 1.29 is 22.4 Å². The Hall–Kier alpha value is -2.77. The fourth-order valence-corrected chi connectivity index (χ4v) is 3.53. The number of anilines is 1. The molecule has 8 heteroatoms. The summed E-state index contributed by atoms with van der Waals surface area (Å²) in [6.07, 6.45) is 0.783. The molecule has 2 unspecified atom stereocenters. The maximum absolute atomic E-state index is 12.6. The molecule has 1 aliphatic heterocycles. The van der Waals surface area contributed by atoms with E-state index in [1.807, 2.05) is 17.0 Å². The van der Waals surface area contributed by atoms with Gasteiger partial charge in [0.05, 0.1) is 5.56 Å². The number of piperazine rings is 1. The zero-order valence-corrected chi connectivity index (χ0v) is 16.0. The van der Waals surface area contributed by atoms with E-state index in [4.69, 9.17) is 4.42 Å². The van der Waals surface area contributed by atoms with Crippen molar-refractivity contribution in [3.05, 3.63) is 53.6 Å². The summed E-state index contributed by atoms with van der Waals surface area (Å²) >= 11 is 0. The standard InChI is InChI=1S/C21H22F3N3O2/c1-14-12-17(14)18-5-3-16(29-18)4-7-20(28)27-10-8-26(9-11-27)19-6-2-15(13-25-19)21(22,23)24/h2-7,13-14,17H,8-12H2,1H3/b7-4+. The Labute approximate surface area is 166 Å². The Morgan fingerprint density at radius 3 is 2.48 bits per heavy atom. The lowest BCUT2D eigenvalue weighted by molar-refractivity contribution is -0.137. The van der Waals surface area contributed by atoms with Crippen LogP contribution in [0.3, 0.4) is 0 Å². The van der Waals surface area contributed by atoms with Crippen LogP contribution in [0.25, 0.3) is 6.08 Å². The number of halogens is 3. The van der Waals surface area contributed by atoms with Gasteiger partial charge in [0, 0.05) is 44.4 Å². The molecule has 2 aromatic rings. The number of hydrogen-bond donors (Lipinski definition) is 0. The third-order valence-electron chi connectivity index (χ3n) is 5.50. The second-order valence-corrected chi connectivity index (χ2v) is 7.61. The van der Waals surface area contributed by atoms with Gasteiger partial charge in [-0.15, -0.1) is 0 Å². The average Bonchev–Trinajstić information content (AvgIpc) is 3.25. The third-order valence-corrected chi connectivity index (χ3v) is 5.50. The van der Waals surface area contributed by atoms with Crippen molar-refractivity contribution in [3.63, 3.8) is 0 Å². The van der Waals surface area contributed by atoms with Crippen LogP contribution in [0.5, 0.6) is 0 Å². The number of amides is 1. The molecule has 3 heterocycles. The highest BCUT2D eigenvalue weighted by atomic mass is 19.4. The fourth-order valence-electron chi connectivity index (χ4n) is 3.53. The lowest BCUT2D eigenvalue weighted by Gasteiger charge is -2.35. The topological polar surface area (TPSA) is 49.6 Å². The zero-order valence-electron chi connectivity index (χ0n) is 16.0. The molecule has 154 valence electrons. The van der Waals surface area contributed by atoms with Gasteiger partial charge in [0.15, 0.2) is 0 Å². The van der Waals surface area contributed by atoms with Gasteiger partial charge in [0.2, 0.25) is 5.91 Å². The van der Waals surface area contributed by atoms with Crippen molar-refractivity contribution in [1.29, 1.82) is 0 Å². The number of nitrogens with zero attached hydrogens (tertiary/aromatic N) is 3. The summed E-state index contributed by atoms with van der Waals surface area (Å²) in [5.74, 6) is 3.18. The number of pyridine rings is 1. The summed E-state index contributed by atoms with van der Waals surface area (Å²) in [6.45, 7) is 4.18. The van der Waals surface area contributed by atoms with E-state index in [9.17, 15) is 18.0 Å². The minimum absolute atomic E-state index is 0.109. The molecular formula is C21H22F3N3O2. The number of hydrogen-bond acceptors (Lipinski definition) is 4. The van der Waals surface area contributed by atoms with Crippen molar-refractivity contribution in [1.82, 2.24) is 9.88 Å². The van der Waals surface area contributed by atoms with E-state index in [1.165, 1.54) is 12.1 Å². The summed E-state index contributed by atoms with van der Waals surface area (Å²) in [7, 11) is 0. The molecule has 4 rings (SSSR count). The monoisotopic (exact) mass is 405 g/mol. The van der Waals surface area contributed by atoms with Crippen molar-refractivity contribution in [2.24, 2.45) is 5.92 Å². The SMILES string of the molecule is CC1CC1c1ccc(/C=C/C(=O)N2CCN(c3ccc(C(F)(F)F)cn3)CC2)o1. The first-order valence-electron chi connectivity index (χ1n) is 9.66. The first-order chi connectivity index (χ1) is 13.8. The molecule has 0 radical (unpaired) electrons. The average molecular weight is 405 g/mol. The molecule has 1 saturated heterocycles. The minimum Gasteiger partial charge on any atom is -0.461 e. The lowest BCUT2D eigenvalue weighted by Crippen LogP contribution is -2.48. The maximum Gasteiger partial charge on any atom is 0.417 e. The van der Waals surface area contributed by atoms with Gasteiger partial charge >= 0.3 is 6.18 Å². The predicted octanol–water partition coefficient (Wildman–Crippen LogP) is 4.18. The van der Waals surface area contributed by atoms with E-state index < -0.39 is 11.7 Å². The quantitative estimate of drug-likeness (QED) is 0.716. The zero-order chi connectivity index (χ0) is 20.6. The summed E-state index contributed by atoms with van der Waals surface area (Å²) in [6, 6.07) is 6.24. The molecule has 29 heavy (non-hydrogen) atoms. The molecule has 1 saturated carbocycles. The van der Waals surface area contributed by atoms with Gasteiger partial charge in [-0.1, -0.05) is 6.92 Å². The smallest absolute Gasteiger partial charge is 0.417 e. The number of rotatable bonds is 4. The molecule has 0 N–H and O–H groups in total. The molecule has 0 aromatic carbocycles. The second kappa shape index (κ2) is 7.57. The molecule has 2 fully saturated rings. The van der Waals surface area contributed by atoms with Crippen LogP contribution in [0.4, 0.5) is 19.0 Å². The number of carbonyl (C=O) groups is 1. The Balaban J connectivity index is 1.30. The van der Waals surface area contributed by atoms with Gasteiger partial charge in [-0.05, 0) is 42.7 Å². The van der Waals surface area contributed by atoms with Gasteiger partial charge in [-0.3, -0.25) is 4.79 Å². The van der Waals surface area contributed by atoms with Crippen LogP contribution in [0, 0.1) is 5.92 Å². The van der Waals surface area contributed by atoms with E-state index in [1.54, 1.807) is 11.0 Å². The van der Waals surface area contributed by atoms with Crippen molar-refractivity contribution >= 4 is 17.8 Å². The fraction of sp³-hybridized carbons (Fsp3) is 0.429. The van der Waals surface area contributed by atoms with Gasteiger partial charge in [0.1, 0.15) is 17.3 Å². The molecular weight excluding hydrogens is 383 g/mol. The Morgan fingerprint density at radius 1 is 1.17 bits per heavy atom. The highest BCUT2D eigenvalue weighted by Gasteiger charge is 2.36. The molecule has 2 atom stereocenters. The number of alkyl halides is 3. The summed E-state index contributed by atoms with van der Waals surface area (Å²) in [5.41, 5.74) is -0.766. The normalized spacial score (nSPS) is 22.3. The highest BCUT2D eigenvalue weighted by molar-refractivity contribution is 5.91. The Bertz CT molecular complexity index is 897. The van der Waals surface area contributed by atoms with E-state index in [0.29, 0.717) is 49.6 Å². The van der Waals surface area contributed by atoms with Gasteiger partial charge < -0.3 is 14.2 Å². The largest absolute Gasteiger partial charge is 0.461 e. The second-order valence-electron chi connectivity index (χ2n) is 7.61. The number of aromatic nitrogens is 1. The van der Waals surface area contributed by atoms with Gasteiger partial charge in [0.25, 0.3) is 0 Å². The van der Waals surface area contributed by atoms with Crippen LogP contribution in [-0.2, 0) is 11.0 Å². The van der Waals surface area contributed by atoms with Crippen LogP contribution in [-0.4, -0.2) is 42.0 Å². The first-order valence-corrected chi connectivity index (χ1v) is 9.66. The molecule has 1 aliphatic carbocycles. The van der Waals surface area contributed by atoms with Crippen molar-refractivity contribution in [2.45, 2.75) is 25.4 Å². The maximum atomic E-state index is 12.6. The van der Waals surface area contributed by atoms with E-state index in [-0.39, 0.29) is 5.91 Å². The summed E-state index contributed by atoms with van der Waals surface area (Å²) in [4.78, 5) is 19.9. The van der Waals surface area contributed by atoms with E-state index in [2.05, 4.69) is 11.9 Å². The number of carbonyl (C=O) groups excluding carboxylic acids is 1. The summed E-state index contributed by atoms with van der Waals surface area (Å²) < 4.78 is 43.7. The Morgan fingerprint density at radius 2 is 1.90 bits per heavy atom. The molecule has 1 amide bonds. The molecule has 0 spiro atoms. The lowest BCUT2D eigenvalue weighted by atomic mass is 10.2. The van der Waals surface area contributed by atoms with Gasteiger partial charge in [-0.2, -0.15) is 13.2 Å². The van der Waals surface area contributed by atoms with Crippen molar-refractivity contribution in [3.8, 4) is 0 Å². The highest BCUT2D eigenvalue weighted by Crippen LogP contribution is 2.47. The summed E-state index contributed by atoms with van der Waals surface area (Å²) in [5, 5.41) is 0. The predicted molar refractivity (Wildman–Crippen MR) is 102 cm³/mol. The van der Waals surface area contributed by atoms with Crippen LogP contribution in [0.2, 0.25) is 0 Å². The molecule has 0 bridgehead atoms. The van der Waals surface area contributed by atoms with E-state index in [0.717, 1.165) is 24.4 Å². The Kier molecular flexibility index (Phi) is 5.10. The minimum atomic E-state index is -4.39.